The van der Waals surface area contributed by atoms with E-state index < -0.39 is 8.32 Å². The molecule has 188 valence electrons. The van der Waals surface area contributed by atoms with Crippen LogP contribution in [-0.4, -0.2) is 48.5 Å². The molecule has 0 spiro atoms. The SMILES string of the molecule is COC(=O)c1cccc(CC(C)(C)NC[C@H](CC(C)(C)[Si](C)(C)O)c2ccc(O)c(CO)c2)c1. The minimum Gasteiger partial charge on any atom is -0.508 e. The fraction of sp³-hybridized carbons (Fsp3) is 0.519. The number of hydrogen-bond acceptors (Lipinski definition) is 6. The van der Waals surface area contributed by atoms with Crippen molar-refractivity contribution in [2.45, 2.75) is 76.7 Å². The largest absolute Gasteiger partial charge is 0.508 e. The minimum absolute atomic E-state index is 0.0699. The molecule has 6 nitrogen and oxygen atoms in total. The molecule has 34 heavy (non-hydrogen) atoms. The molecule has 0 saturated carbocycles. The second-order valence-corrected chi connectivity index (χ2v) is 15.5. The number of nitrogens with one attached hydrogen (secondary N) is 1. The summed E-state index contributed by atoms with van der Waals surface area (Å²) in [5.74, 6) is -0.196. The Balaban J connectivity index is 2.26. The van der Waals surface area contributed by atoms with Gasteiger partial charge in [0.15, 0.2) is 8.32 Å². The molecule has 0 heterocycles. The lowest BCUT2D eigenvalue weighted by Crippen LogP contribution is -2.45. The van der Waals surface area contributed by atoms with E-state index in [0.29, 0.717) is 24.1 Å². The number of rotatable bonds is 11. The predicted molar refractivity (Wildman–Crippen MR) is 139 cm³/mol. The molecule has 2 aromatic rings. The lowest BCUT2D eigenvalue weighted by atomic mass is 9.87. The van der Waals surface area contributed by atoms with E-state index in [9.17, 15) is 19.8 Å². The first kappa shape index (κ1) is 28.0. The first-order valence-corrected chi connectivity index (χ1v) is 14.7. The monoisotopic (exact) mass is 487 g/mol. The highest BCUT2D eigenvalue weighted by molar-refractivity contribution is 6.72. The Morgan fingerprint density at radius 3 is 2.38 bits per heavy atom. The van der Waals surface area contributed by atoms with E-state index in [2.05, 4.69) is 33.0 Å². The lowest BCUT2D eigenvalue weighted by molar-refractivity contribution is 0.0600. The molecule has 0 aliphatic rings. The topological polar surface area (TPSA) is 99.0 Å². The first-order chi connectivity index (χ1) is 15.7. The third-order valence-corrected chi connectivity index (χ3v) is 10.5. The molecule has 7 heteroatoms. The zero-order valence-corrected chi connectivity index (χ0v) is 22.6. The summed E-state index contributed by atoms with van der Waals surface area (Å²) in [6.45, 7) is 12.8. The van der Waals surface area contributed by atoms with Gasteiger partial charge in [-0.2, -0.15) is 0 Å². The van der Waals surface area contributed by atoms with Crippen molar-refractivity contribution in [2.24, 2.45) is 0 Å². The molecule has 0 fully saturated rings. The van der Waals surface area contributed by atoms with Crippen LogP contribution in [0.25, 0.3) is 0 Å². The van der Waals surface area contributed by atoms with Crippen molar-refractivity contribution in [1.29, 1.82) is 0 Å². The maximum atomic E-state index is 11.9. The van der Waals surface area contributed by atoms with Gasteiger partial charge in [-0.05, 0) is 86.1 Å². The number of aliphatic hydroxyl groups excluding tert-OH is 1. The van der Waals surface area contributed by atoms with Crippen LogP contribution >= 0.6 is 0 Å². The highest BCUT2D eigenvalue weighted by Gasteiger charge is 2.40. The van der Waals surface area contributed by atoms with Gasteiger partial charge in [-0.15, -0.1) is 0 Å². The number of carbonyl (C=O) groups excluding carboxylic acids is 1. The van der Waals surface area contributed by atoms with Gasteiger partial charge >= 0.3 is 5.97 Å². The van der Waals surface area contributed by atoms with Gasteiger partial charge in [-0.3, -0.25) is 0 Å². The number of aliphatic hydroxyl groups is 1. The Hall–Kier alpha value is -2.19. The quantitative estimate of drug-likeness (QED) is 0.270. The standard InChI is InChI=1S/C27H41NO5Si/c1-26(2,15-19-9-8-10-21(13-19)25(31)33-5)28-17-23(16-27(3,4)34(6,7)32)20-11-12-24(30)22(14-20)18-29/h8-14,23,28-30,32H,15-18H2,1-7H3/t23-/m0/s1. The van der Waals surface area contributed by atoms with E-state index in [4.69, 9.17) is 4.74 Å². The molecule has 1 atom stereocenters. The molecule has 0 bridgehead atoms. The number of esters is 1. The number of benzene rings is 2. The van der Waals surface area contributed by atoms with Crippen LogP contribution in [0.5, 0.6) is 5.75 Å². The number of methoxy groups -OCH3 is 1. The maximum absolute atomic E-state index is 11.9. The number of carbonyl (C=O) groups is 1. The van der Waals surface area contributed by atoms with Gasteiger partial charge < -0.3 is 25.1 Å². The van der Waals surface area contributed by atoms with Gasteiger partial charge in [0.05, 0.1) is 19.3 Å². The normalized spacial score (nSPS) is 13.6. The van der Waals surface area contributed by atoms with Gasteiger partial charge in [0, 0.05) is 17.6 Å². The Bertz CT molecular complexity index is 981. The molecule has 0 aromatic heterocycles. The first-order valence-electron chi connectivity index (χ1n) is 11.8. The summed E-state index contributed by atoms with van der Waals surface area (Å²) in [5.41, 5.74) is 2.82. The van der Waals surface area contributed by atoms with Gasteiger partial charge in [0.1, 0.15) is 5.75 Å². The average Bonchev–Trinajstić information content (AvgIpc) is 2.75. The van der Waals surface area contributed by atoms with E-state index in [0.717, 1.165) is 17.5 Å². The van der Waals surface area contributed by atoms with Crippen LogP contribution in [0.4, 0.5) is 0 Å². The predicted octanol–water partition coefficient (Wildman–Crippen LogP) is 4.73. The van der Waals surface area contributed by atoms with Crippen molar-refractivity contribution >= 4 is 14.3 Å². The summed E-state index contributed by atoms with van der Waals surface area (Å²) in [6.07, 6.45) is 1.48. The van der Waals surface area contributed by atoms with Gasteiger partial charge in [0.2, 0.25) is 0 Å². The van der Waals surface area contributed by atoms with Crippen molar-refractivity contribution in [3.05, 3.63) is 64.7 Å². The molecule has 0 aliphatic heterocycles. The molecule has 2 rings (SSSR count). The highest BCUT2D eigenvalue weighted by Crippen LogP contribution is 2.44. The number of ether oxygens (including phenoxy) is 1. The van der Waals surface area contributed by atoms with Crippen LogP contribution in [0.3, 0.4) is 0 Å². The van der Waals surface area contributed by atoms with Crippen molar-refractivity contribution in [1.82, 2.24) is 5.32 Å². The van der Waals surface area contributed by atoms with Crippen molar-refractivity contribution < 1.29 is 24.5 Å². The van der Waals surface area contributed by atoms with Crippen LogP contribution in [-0.2, 0) is 17.8 Å². The zero-order chi connectivity index (χ0) is 25.7. The molecule has 0 unspecified atom stereocenters. The number of aromatic hydroxyl groups is 1. The molecule has 4 N–H and O–H groups in total. The molecule has 0 saturated heterocycles. The number of hydrogen-bond donors (Lipinski definition) is 4. The molecular formula is C27H41NO5Si. The smallest absolute Gasteiger partial charge is 0.337 e. The summed E-state index contributed by atoms with van der Waals surface area (Å²) in [4.78, 5) is 22.8. The van der Waals surface area contributed by atoms with Crippen LogP contribution in [0.2, 0.25) is 18.1 Å². The highest BCUT2D eigenvalue weighted by atomic mass is 28.4. The second-order valence-electron chi connectivity index (χ2n) is 11.0. The average molecular weight is 488 g/mol. The number of phenols is 1. The van der Waals surface area contributed by atoms with E-state index in [1.165, 1.54) is 7.11 Å². The van der Waals surface area contributed by atoms with Crippen LogP contribution in [0.1, 0.15) is 67.1 Å². The Kier molecular flexibility index (Phi) is 9.10. The summed E-state index contributed by atoms with van der Waals surface area (Å²) in [7, 11) is -1.06. The van der Waals surface area contributed by atoms with Gasteiger partial charge in [-0.25, -0.2) is 4.79 Å². The van der Waals surface area contributed by atoms with E-state index in [-0.39, 0.29) is 34.8 Å². The third kappa shape index (κ3) is 7.40. The van der Waals surface area contributed by atoms with Crippen LogP contribution in [0.15, 0.2) is 42.5 Å². The molecule has 0 aliphatic carbocycles. The van der Waals surface area contributed by atoms with Crippen LogP contribution < -0.4 is 5.32 Å². The Morgan fingerprint density at radius 2 is 1.79 bits per heavy atom. The fourth-order valence-electron chi connectivity index (χ4n) is 4.06. The van der Waals surface area contributed by atoms with E-state index in [1.807, 2.05) is 43.4 Å². The zero-order valence-electron chi connectivity index (χ0n) is 21.6. The minimum atomic E-state index is -2.44. The Labute approximate surface area is 205 Å². The Morgan fingerprint density at radius 1 is 1.12 bits per heavy atom. The molecule has 0 amide bonds. The second kappa shape index (κ2) is 11.0. The fourth-order valence-corrected chi connectivity index (χ4v) is 4.80. The summed E-state index contributed by atoms with van der Waals surface area (Å²) in [5, 5.41) is 23.1. The van der Waals surface area contributed by atoms with Crippen molar-refractivity contribution in [3.8, 4) is 5.75 Å². The third-order valence-electron chi connectivity index (χ3n) is 6.98. The summed E-state index contributed by atoms with van der Waals surface area (Å²) < 4.78 is 4.84. The van der Waals surface area contributed by atoms with Crippen molar-refractivity contribution in [2.75, 3.05) is 13.7 Å². The maximum Gasteiger partial charge on any atom is 0.337 e. The van der Waals surface area contributed by atoms with E-state index in [1.54, 1.807) is 12.1 Å². The summed E-state index contributed by atoms with van der Waals surface area (Å²) >= 11 is 0. The van der Waals surface area contributed by atoms with Crippen molar-refractivity contribution in [3.63, 3.8) is 0 Å². The molecular weight excluding hydrogens is 446 g/mol. The summed E-state index contributed by atoms with van der Waals surface area (Å²) in [6, 6.07) is 12.9. The lowest BCUT2D eigenvalue weighted by Gasteiger charge is -2.39. The van der Waals surface area contributed by atoms with Gasteiger partial charge in [0.25, 0.3) is 0 Å². The molecule has 2 aromatic carbocycles. The van der Waals surface area contributed by atoms with Gasteiger partial charge in [-0.1, -0.05) is 32.0 Å². The van der Waals surface area contributed by atoms with Crippen LogP contribution in [0, 0.1) is 0 Å². The molecule has 0 radical (unpaired) electrons. The van der Waals surface area contributed by atoms with E-state index >= 15 is 0 Å².